The van der Waals surface area contributed by atoms with Crippen molar-refractivity contribution in [2.24, 2.45) is 0 Å². The summed E-state index contributed by atoms with van der Waals surface area (Å²) in [5.41, 5.74) is -1.93. The van der Waals surface area contributed by atoms with Crippen molar-refractivity contribution in [3.05, 3.63) is 23.9 Å². The lowest BCUT2D eigenvalue weighted by Crippen LogP contribution is -2.34. The molecule has 22 heavy (non-hydrogen) atoms. The summed E-state index contributed by atoms with van der Waals surface area (Å²) in [6, 6.07) is 1.56. The van der Waals surface area contributed by atoms with Crippen molar-refractivity contribution in [1.82, 2.24) is 9.29 Å². The number of hydrogen-bond acceptors (Lipinski definition) is 4. The van der Waals surface area contributed by atoms with Crippen molar-refractivity contribution >= 4 is 10.0 Å². The van der Waals surface area contributed by atoms with Crippen LogP contribution in [0.2, 0.25) is 0 Å². The van der Waals surface area contributed by atoms with E-state index in [1.54, 1.807) is 6.92 Å². The van der Waals surface area contributed by atoms with Crippen molar-refractivity contribution in [1.29, 1.82) is 0 Å². The van der Waals surface area contributed by atoms with Gasteiger partial charge in [0, 0.05) is 19.3 Å². The van der Waals surface area contributed by atoms with E-state index < -0.39 is 32.4 Å². The van der Waals surface area contributed by atoms with E-state index in [1.165, 1.54) is 0 Å². The Kier molecular flexibility index (Phi) is 4.51. The summed E-state index contributed by atoms with van der Waals surface area (Å²) in [6.45, 7) is 1.96. The van der Waals surface area contributed by atoms with Crippen molar-refractivity contribution < 1.29 is 26.7 Å². The molecule has 0 aromatic carbocycles. The summed E-state index contributed by atoms with van der Waals surface area (Å²) < 4.78 is 63.4. The Balaban J connectivity index is 2.23. The molecule has 9 heteroatoms. The quantitative estimate of drug-likeness (QED) is 0.896. The molecule has 1 N–H and O–H groups in total. The Hall–Kier alpha value is -1.19. The highest BCUT2D eigenvalue weighted by Crippen LogP contribution is 2.30. The number of nitrogens with zero attached hydrogens (tertiary/aromatic N) is 2. The standard InChI is InChI=1S/C13H17F3N2O3S/c1-12(19)5-2-7-18(8-6-12)22(20,21)11-4-3-10(9-17-11)13(14,15)16/h3-4,9,19H,2,5-8H2,1H3. The van der Waals surface area contributed by atoms with Crippen molar-refractivity contribution in [2.75, 3.05) is 13.1 Å². The van der Waals surface area contributed by atoms with Crippen LogP contribution in [0.15, 0.2) is 23.4 Å². The summed E-state index contributed by atoms with van der Waals surface area (Å²) in [6.07, 6.45) is -2.82. The van der Waals surface area contributed by atoms with Crippen LogP contribution in [0.3, 0.4) is 0 Å². The first kappa shape index (κ1) is 17.2. The average molecular weight is 338 g/mol. The molecule has 2 rings (SSSR count). The van der Waals surface area contributed by atoms with Gasteiger partial charge in [0.15, 0.2) is 5.03 Å². The maximum absolute atomic E-state index is 12.5. The Labute approximate surface area is 126 Å². The Morgan fingerprint density at radius 3 is 2.50 bits per heavy atom. The number of hydrogen-bond donors (Lipinski definition) is 1. The van der Waals surface area contributed by atoms with E-state index >= 15 is 0 Å². The predicted octanol–water partition coefficient (Wildman–Crippen LogP) is 2.03. The minimum atomic E-state index is -4.56. The van der Waals surface area contributed by atoms with Gasteiger partial charge >= 0.3 is 6.18 Å². The van der Waals surface area contributed by atoms with E-state index in [-0.39, 0.29) is 19.5 Å². The number of pyridine rings is 1. The van der Waals surface area contributed by atoms with Gasteiger partial charge in [-0.2, -0.15) is 17.5 Å². The second kappa shape index (κ2) is 5.78. The smallest absolute Gasteiger partial charge is 0.390 e. The molecule has 2 heterocycles. The lowest BCUT2D eigenvalue weighted by atomic mass is 9.98. The zero-order valence-electron chi connectivity index (χ0n) is 12.0. The van der Waals surface area contributed by atoms with Crippen LogP contribution in [0.5, 0.6) is 0 Å². The van der Waals surface area contributed by atoms with Gasteiger partial charge < -0.3 is 5.11 Å². The lowest BCUT2D eigenvalue weighted by Gasteiger charge is -2.22. The molecule has 1 saturated heterocycles. The van der Waals surface area contributed by atoms with E-state index in [0.29, 0.717) is 25.1 Å². The molecule has 1 aliphatic heterocycles. The van der Waals surface area contributed by atoms with Crippen LogP contribution in [-0.2, 0) is 16.2 Å². The Bertz CT molecular complexity index is 627. The van der Waals surface area contributed by atoms with E-state index in [2.05, 4.69) is 4.98 Å². The van der Waals surface area contributed by atoms with Gasteiger partial charge in [-0.15, -0.1) is 0 Å². The van der Waals surface area contributed by atoms with Crippen LogP contribution in [0.4, 0.5) is 13.2 Å². The zero-order chi connectivity index (χ0) is 16.6. The first-order valence-electron chi connectivity index (χ1n) is 6.78. The van der Waals surface area contributed by atoms with Gasteiger partial charge in [-0.1, -0.05) is 0 Å². The van der Waals surface area contributed by atoms with Crippen molar-refractivity contribution in [2.45, 2.75) is 43.0 Å². The van der Waals surface area contributed by atoms with Crippen LogP contribution in [0.25, 0.3) is 0 Å². The van der Waals surface area contributed by atoms with E-state index in [1.807, 2.05) is 0 Å². The Morgan fingerprint density at radius 1 is 1.27 bits per heavy atom. The molecule has 1 aliphatic rings. The summed E-state index contributed by atoms with van der Waals surface area (Å²) in [5, 5.41) is 9.56. The van der Waals surface area contributed by atoms with E-state index in [9.17, 15) is 26.7 Å². The fraction of sp³-hybridized carbons (Fsp3) is 0.615. The zero-order valence-corrected chi connectivity index (χ0v) is 12.8. The predicted molar refractivity (Wildman–Crippen MR) is 72.5 cm³/mol. The molecule has 0 aliphatic carbocycles. The third kappa shape index (κ3) is 3.76. The molecule has 1 aromatic heterocycles. The molecule has 0 saturated carbocycles. The highest BCUT2D eigenvalue weighted by Gasteiger charge is 2.34. The van der Waals surface area contributed by atoms with Crippen molar-refractivity contribution in [3.8, 4) is 0 Å². The van der Waals surface area contributed by atoms with Crippen LogP contribution in [0, 0.1) is 0 Å². The normalized spacial score (nSPS) is 25.0. The number of sulfonamides is 1. The third-order valence-corrected chi connectivity index (χ3v) is 5.51. The lowest BCUT2D eigenvalue weighted by molar-refractivity contribution is -0.137. The topological polar surface area (TPSA) is 70.5 Å². The SMILES string of the molecule is CC1(O)CCCN(S(=O)(=O)c2ccc(C(F)(F)F)cn2)CC1. The Morgan fingerprint density at radius 2 is 1.95 bits per heavy atom. The van der Waals surface area contributed by atoms with E-state index in [4.69, 9.17) is 0 Å². The minimum absolute atomic E-state index is 0.109. The maximum atomic E-state index is 12.5. The molecule has 0 amide bonds. The molecule has 1 aromatic rings. The molecule has 5 nitrogen and oxygen atoms in total. The van der Waals surface area contributed by atoms with Gasteiger partial charge in [0.25, 0.3) is 10.0 Å². The second-order valence-electron chi connectivity index (χ2n) is 5.64. The number of aliphatic hydroxyl groups is 1. The molecule has 1 fully saturated rings. The van der Waals surface area contributed by atoms with Crippen LogP contribution in [0.1, 0.15) is 31.7 Å². The van der Waals surface area contributed by atoms with Gasteiger partial charge in [-0.05, 0) is 38.3 Å². The van der Waals surface area contributed by atoms with Crippen molar-refractivity contribution in [3.63, 3.8) is 0 Å². The fourth-order valence-electron chi connectivity index (χ4n) is 2.31. The molecule has 0 bridgehead atoms. The van der Waals surface area contributed by atoms with E-state index in [0.717, 1.165) is 10.4 Å². The monoisotopic (exact) mass is 338 g/mol. The van der Waals surface area contributed by atoms with Gasteiger partial charge in [0.1, 0.15) is 0 Å². The number of alkyl halides is 3. The largest absolute Gasteiger partial charge is 0.417 e. The first-order valence-corrected chi connectivity index (χ1v) is 8.22. The van der Waals surface area contributed by atoms with Gasteiger partial charge in [-0.3, -0.25) is 0 Å². The summed E-state index contributed by atoms with van der Waals surface area (Å²) in [4.78, 5) is 3.45. The molecule has 1 unspecified atom stereocenters. The highest BCUT2D eigenvalue weighted by molar-refractivity contribution is 7.89. The maximum Gasteiger partial charge on any atom is 0.417 e. The summed E-state index contributed by atoms with van der Waals surface area (Å²) >= 11 is 0. The van der Waals surface area contributed by atoms with Gasteiger partial charge in [0.2, 0.25) is 0 Å². The second-order valence-corrected chi connectivity index (χ2v) is 7.52. The van der Waals surface area contributed by atoms with Gasteiger partial charge in [0.05, 0.1) is 11.2 Å². The van der Waals surface area contributed by atoms with Crippen LogP contribution in [-0.4, -0.2) is 41.5 Å². The first-order chi connectivity index (χ1) is 10.0. The summed E-state index contributed by atoms with van der Waals surface area (Å²) in [7, 11) is -3.95. The molecule has 0 spiro atoms. The molecular formula is C13H17F3N2O3S. The number of aromatic nitrogens is 1. The number of halogens is 3. The fourth-order valence-corrected chi connectivity index (χ4v) is 3.70. The molecule has 1 atom stereocenters. The third-order valence-electron chi connectivity index (χ3n) is 3.69. The minimum Gasteiger partial charge on any atom is -0.390 e. The van der Waals surface area contributed by atoms with Crippen LogP contribution >= 0.6 is 0 Å². The molecule has 124 valence electrons. The highest BCUT2D eigenvalue weighted by atomic mass is 32.2. The van der Waals surface area contributed by atoms with Crippen LogP contribution < -0.4 is 0 Å². The average Bonchev–Trinajstić information content (AvgIpc) is 2.59. The molecular weight excluding hydrogens is 321 g/mol. The summed E-state index contributed by atoms with van der Waals surface area (Å²) in [5.74, 6) is 0. The number of rotatable bonds is 2. The molecule has 0 radical (unpaired) electrons. The van der Waals surface area contributed by atoms with Gasteiger partial charge in [-0.25, -0.2) is 13.4 Å².